The number of primary amides is 1. The fraction of sp³-hybridized carbons (Fsp3) is 0.474. The molecule has 0 bridgehead atoms. The number of aromatic nitrogens is 1. The molecular formula is C19H25N3OS. The van der Waals surface area contributed by atoms with Crippen LogP contribution < -0.4 is 10.6 Å². The van der Waals surface area contributed by atoms with Gasteiger partial charge in [-0.3, -0.25) is 4.79 Å². The van der Waals surface area contributed by atoms with E-state index < -0.39 is 0 Å². The van der Waals surface area contributed by atoms with Gasteiger partial charge < -0.3 is 10.6 Å². The van der Waals surface area contributed by atoms with E-state index in [1.807, 2.05) is 0 Å². The summed E-state index contributed by atoms with van der Waals surface area (Å²) in [7, 11) is 0. The zero-order chi connectivity index (χ0) is 17.1. The van der Waals surface area contributed by atoms with Crippen molar-refractivity contribution in [2.75, 3.05) is 24.2 Å². The van der Waals surface area contributed by atoms with Gasteiger partial charge >= 0.3 is 0 Å². The second kappa shape index (κ2) is 7.43. The molecule has 1 fully saturated rings. The topological polar surface area (TPSA) is 59.2 Å². The highest BCUT2D eigenvalue weighted by atomic mass is 32.2. The van der Waals surface area contributed by atoms with E-state index in [2.05, 4.69) is 42.3 Å². The van der Waals surface area contributed by atoms with Crippen molar-refractivity contribution in [2.24, 2.45) is 11.7 Å². The van der Waals surface area contributed by atoms with E-state index in [0.29, 0.717) is 12.3 Å². The maximum absolute atomic E-state index is 10.9. The molecule has 1 amide bonds. The zero-order valence-electron chi connectivity index (χ0n) is 14.4. The molecule has 1 aromatic heterocycles. The Kier molecular flexibility index (Phi) is 5.29. The maximum atomic E-state index is 10.9. The zero-order valence-corrected chi connectivity index (χ0v) is 15.2. The number of amides is 1. The maximum Gasteiger partial charge on any atom is 0.217 e. The summed E-state index contributed by atoms with van der Waals surface area (Å²) in [5.41, 5.74) is 7.61. The van der Waals surface area contributed by atoms with E-state index >= 15 is 0 Å². The smallest absolute Gasteiger partial charge is 0.217 e. The number of nitrogens with zero attached hydrogens (tertiary/aromatic N) is 2. The van der Waals surface area contributed by atoms with Crippen molar-refractivity contribution in [1.82, 2.24) is 4.98 Å². The second-order valence-electron chi connectivity index (χ2n) is 6.62. The highest BCUT2D eigenvalue weighted by Gasteiger charge is 2.21. The van der Waals surface area contributed by atoms with Gasteiger partial charge in [0.2, 0.25) is 5.91 Å². The number of rotatable bonds is 5. The van der Waals surface area contributed by atoms with Crippen LogP contribution in [0.25, 0.3) is 10.9 Å². The summed E-state index contributed by atoms with van der Waals surface area (Å²) in [6.07, 6.45) is 5.74. The molecule has 0 spiro atoms. The van der Waals surface area contributed by atoms with Gasteiger partial charge in [-0.1, -0.05) is 6.07 Å². The highest BCUT2D eigenvalue weighted by molar-refractivity contribution is 7.98. The van der Waals surface area contributed by atoms with E-state index in [9.17, 15) is 4.79 Å². The molecule has 1 aliphatic heterocycles. The lowest BCUT2D eigenvalue weighted by Gasteiger charge is -2.33. The van der Waals surface area contributed by atoms with E-state index in [4.69, 9.17) is 10.7 Å². The van der Waals surface area contributed by atoms with E-state index in [1.165, 1.54) is 15.8 Å². The molecule has 5 heteroatoms. The van der Waals surface area contributed by atoms with Crippen LogP contribution in [-0.4, -0.2) is 30.2 Å². The largest absolute Gasteiger partial charge is 0.370 e. The Morgan fingerprint density at radius 3 is 2.75 bits per heavy atom. The monoisotopic (exact) mass is 343 g/mol. The second-order valence-corrected chi connectivity index (χ2v) is 7.50. The standard InChI is InChI=1S/C19H25N3OS/c1-13-11-19(21-17-12-15(24-2)4-5-16(13)17)22-9-7-14(8-10-22)3-6-18(20)23/h4-5,11-12,14H,3,6-10H2,1-2H3,(H2,20,23). The van der Waals surface area contributed by atoms with Gasteiger partial charge in [0.1, 0.15) is 5.82 Å². The molecular weight excluding hydrogens is 318 g/mol. The van der Waals surface area contributed by atoms with Crippen LogP contribution >= 0.6 is 11.8 Å². The lowest BCUT2D eigenvalue weighted by atomic mass is 9.92. The van der Waals surface area contributed by atoms with Gasteiger partial charge in [-0.15, -0.1) is 11.8 Å². The Hall–Kier alpha value is -1.75. The minimum Gasteiger partial charge on any atom is -0.370 e. The summed E-state index contributed by atoms with van der Waals surface area (Å²) in [4.78, 5) is 19.5. The Morgan fingerprint density at radius 2 is 2.08 bits per heavy atom. The van der Waals surface area contributed by atoms with Crippen LogP contribution in [0.3, 0.4) is 0 Å². The van der Waals surface area contributed by atoms with Gasteiger partial charge in [-0.25, -0.2) is 4.98 Å². The lowest BCUT2D eigenvalue weighted by Crippen LogP contribution is -2.34. The number of thioether (sulfide) groups is 1. The highest BCUT2D eigenvalue weighted by Crippen LogP contribution is 2.29. The van der Waals surface area contributed by atoms with Crippen molar-refractivity contribution in [3.05, 3.63) is 29.8 Å². The number of nitrogens with two attached hydrogens (primary N) is 1. The fourth-order valence-corrected chi connectivity index (χ4v) is 3.88. The molecule has 128 valence electrons. The number of fused-ring (bicyclic) bond motifs is 1. The van der Waals surface area contributed by atoms with Crippen molar-refractivity contribution >= 4 is 34.4 Å². The van der Waals surface area contributed by atoms with E-state index in [1.54, 1.807) is 11.8 Å². The predicted octanol–water partition coefficient (Wildman–Crippen LogP) is 3.75. The van der Waals surface area contributed by atoms with Crippen LogP contribution in [0.2, 0.25) is 0 Å². The molecule has 3 rings (SSSR count). The van der Waals surface area contributed by atoms with Gasteiger partial charge in [0, 0.05) is 29.8 Å². The number of anilines is 1. The molecule has 24 heavy (non-hydrogen) atoms. The number of carbonyl (C=O) groups excluding carboxylic acids is 1. The molecule has 0 unspecified atom stereocenters. The van der Waals surface area contributed by atoms with Gasteiger partial charge in [0.15, 0.2) is 0 Å². The lowest BCUT2D eigenvalue weighted by molar-refractivity contribution is -0.118. The van der Waals surface area contributed by atoms with Crippen LogP contribution in [0.1, 0.15) is 31.2 Å². The summed E-state index contributed by atoms with van der Waals surface area (Å²) < 4.78 is 0. The van der Waals surface area contributed by atoms with Gasteiger partial charge in [0.25, 0.3) is 0 Å². The Bertz CT molecular complexity index is 739. The van der Waals surface area contributed by atoms with Crippen molar-refractivity contribution in [2.45, 2.75) is 37.5 Å². The molecule has 0 saturated carbocycles. The SMILES string of the molecule is CSc1ccc2c(C)cc(N3CCC(CCC(N)=O)CC3)nc2c1. The summed E-state index contributed by atoms with van der Waals surface area (Å²) >= 11 is 1.75. The Labute approximate surface area is 147 Å². The first kappa shape index (κ1) is 17.1. The number of piperidine rings is 1. The molecule has 1 saturated heterocycles. The number of hydrogen-bond acceptors (Lipinski definition) is 4. The van der Waals surface area contributed by atoms with Crippen molar-refractivity contribution in [1.29, 1.82) is 0 Å². The summed E-state index contributed by atoms with van der Waals surface area (Å²) in [5.74, 6) is 1.50. The number of carbonyl (C=O) groups is 1. The van der Waals surface area contributed by atoms with E-state index in [-0.39, 0.29) is 5.91 Å². The molecule has 0 atom stereocenters. The molecule has 0 aliphatic carbocycles. The first-order chi connectivity index (χ1) is 11.6. The first-order valence-electron chi connectivity index (χ1n) is 8.55. The number of hydrogen-bond donors (Lipinski definition) is 1. The minimum atomic E-state index is -0.186. The average Bonchev–Trinajstić information content (AvgIpc) is 2.59. The minimum absolute atomic E-state index is 0.186. The molecule has 0 radical (unpaired) electrons. The van der Waals surface area contributed by atoms with Gasteiger partial charge in [-0.05, 0) is 62.1 Å². The van der Waals surface area contributed by atoms with Crippen LogP contribution in [0.4, 0.5) is 5.82 Å². The van der Waals surface area contributed by atoms with Crippen LogP contribution in [0, 0.1) is 12.8 Å². The van der Waals surface area contributed by atoms with Crippen molar-refractivity contribution in [3.63, 3.8) is 0 Å². The predicted molar refractivity (Wildman–Crippen MR) is 102 cm³/mol. The van der Waals surface area contributed by atoms with Gasteiger partial charge in [-0.2, -0.15) is 0 Å². The third-order valence-electron chi connectivity index (χ3n) is 4.95. The summed E-state index contributed by atoms with van der Waals surface area (Å²) in [6, 6.07) is 8.70. The number of benzene rings is 1. The molecule has 2 N–H and O–H groups in total. The fourth-order valence-electron chi connectivity index (χ4n) is 3.45. The van der Waals surface area contributed by atoms with E-state index in [0.717, 1.165) is 43.7 Å². The number of pyridine rings is 1. The molecule has 1 aliphatic rings. The quantitative estimate of drug-likeness (QED) is 0.840. The van der Waals surface area contributed by atoms with Gasteiger partial charge in [0.05, 0.1) is 5.52 Å². The Morgan fingerprint density at radius 1 is 1.33 bits per heavy atom. The molecule has 2 aromatic rings. The summed E-state index contributed by atoms with van der Waals surface area (Å²) in [6.45, 7) is 4.17. The molecule has 4 nitrogen and oxygen atoms in total. The number of aryl methyl sites for hydroxylation is 1. The van der Waals surface area contributed by atoms with Crippen LogP contribution in [0.5, 0.6) is 0 Å². The Balaban J connectivity index is 1.74. The normalized spacial score (nSPS) is 15.8. The van der Waals surface area contributed by atoms with Crippen molar-refractivity contribution < 1.29 is 4.79 Å². The molecule has 1 aromatic carbocycles. The van der Waals surface area contributed by atoms with Crippen LogP contribution in [-0.2, 0) is 4.79 Å². The van der Waals surface area contributed by atoms with Crippen molar-refractivity contribution in [3.8, 4) is 0 Å². The average molecular weight is 343 g/mol. The van der Waals surface area contributed by atoms with Crippen LogP contribution in [0.15, 0.2) is 29.2 Å². The summed E-state index contributed by atoms with van der Waals surface area (Å²) in [5, 5.41) is 1.23. The third kappa shape index (κ3) is 3.83. The third-order valence-corrected chi connectivity index (χ3v) is 5.67. The first-order valence-corrected chi connectivity index (χ1v) is 9.78. The molecule has 2 heterocycles.